The molecule has 0 spiro atoms. The lowest BCUT2D eigenvalue weighted by atomic mass is 9.86. The van der Waals surface area contributed by atoms with Crippen molar-refractivity contribution in [3.63, 3.8) is 0 Å². The number of carbonyl (C=O) groups is 2. The van der Waals surface area contributed by atoms with Crippen LogP contribution in [-0.4, -0.2) is 49.8 Å². The van der Waals surface area contributed by atoms with Gasteiger partial charge < -0.3 is 10.1 Å². The van der Waals surface area contributed by atoms with E-state index >= 15 is 0 Å². The maximum absolute atomic E-state index is 13.0. The van der Waals surface area contributed by atoms with Gasteiger partial charge in [-0.3, -0.25) is 4.79 Å². The molecule has 8 heteroatoms. The lowest BCUT2D eigenvalue weighted by molar-refractivity contribution is -0.130. The van der Waals surface area contributed by atoms with Crippen LogP contribution in [0.3, 0.4) is 0 Å². The van der Waals surface area contributed by atoms with Crippen molar-refractivity contribution in [1.82, 2.24) is 9.62 Å². The van der Waals surface area contributed by atoms with Gasteiger partial charge in [-0.05, 0) is 63.1 Å². The number of nitrogens with zero attached hydrogens (tertiary/aromatic N) is 1. The second kappa shape index (κ2) is 10.1. The monoisotopic (exact) mass is 450 g/mol. The third-order valence-corrected chi connectivity index (χ3v) is 8.37. The van der Waals surface area contributed by atoms with Crippen LogP contribution < -0.4 is 5.32 Å². The number of hydrogen-bond acceptors (Lipinski definition) is 5. The molecule has 0 unspecified atom stereocenters. The van der Waals surface area contributed by atoms with E-state index in [-0.39, 0.29) is 22.4 Å². The molecule has 7 nitrogen and oxygen atoms in total. The molecular weight excluding hydrogens is 416 g/mol. The highest BCUT2D eigenvalue weighted by molar-refractivity contribution is 7.89. The molecule has 0 aromatic heterocycles. The Balaban J connectivity index is 1.69. The third kappa shape index (κ3) is 5.66. The number of esters is 1. The average Bonchev–Trinajstić information content (AvgIpc) is 2.76. The van der Waals surface area contributed by atoms with Crippen LogP contribution >= 0.6 is 0 Å². The van der Waals surface area contributed by atoms with E-state index in [0.717, 1.165) is 38.5 Å². The van der Waals surface area contributed by atoms with Crippen LogP contribution in [0.15, 0.2) is 23.1 Å². The van der Waals surface area contributed by atoms with Gasteiger partial charge in [0.05, 0.1) is 10.5 Å². The summed E-state index contributed by atoms with van der Waals surface area (Å²) in [4.78, 5) is 25.4. The minimum Gasteiger partial charge on any atom is -0.449 e. The van der Waals surface area contributed by atoms with Crippen LogP contribution in [-0.2, 0) is 19.6 Å². The predicted molar refractivity (Wildman–Crippen MR) is 118 cm³/mol. The summed E-state index contributed by atoms with van der Waals surface area (Å²) < 4.78 is 32.8. The molecule has 1 amide bonds. The van der Waals surface area contributed by atoms with Crippen molar-refractivity contribution in [3.05, 3.63) is 29.3 Å². The summed E-state index contributed by atoms with van der Waals surface area (Å²) in [6.07, 6.45) is 6.02. The van der Waals surface area contributed by atoms with Crippen molar-refractivity contribution in [2.75, 3.05) is 13.1 Å². The van der Waals surface area contributed by atoms with Gasteiger partial charge in [0.1, 0.15) is 0 Å². The first-order valence-corrected chi connectivity index (χ1v) is 12.8. The van der Waals surface area contributed by atoms with Crippen LogP contribution in [0.2, 0.25) is 0 Å². The molecule has 1 heterocycles. The van der Waals surface area contributed by atoms with E-state index in [1.807, 2.05) is 0 Å². The number of benzene rings is 1. The molecule has 1 aromatic carbocycles. The minimum atomic E-state index is -3.66. The number of nitrogens with one attached hydrogen (secondary N) is 1. The molecule has 2 fully saturated rings. The summed E-state index contributed by atoms with van der Waals surface area (Å²) in [5, 5.41) is 3.00. The first-order valence-electron chi connectivity index (χ1n) is 11.3. The smallest absolute Gasteiger partial charge is 0.339 e. The molecule has 1 aliphatic heterocycles. The van der Waals surface area contributed by atoms with E-state index in [9.17, 15) is 18.0 Å². The van der Waals surface area contributed by atoms with Crippen molar-refractivity contribution < 1.29 is 22.7 Å². The van der Waals surface area contributed by atoms with Crippen LogP contribution in [0.5, 0.6) is 0 Å². The molecular formula is C23H34N2O5S. The van der Waals surface area contributed by atoms with E-state index in [2.05, 4.69) is 12.2 Å². The van der Waals surface area contributed by atoms with Crippen molar-refractivity contribution >= 4 is 21.9 Å². The first kappa shape index (κ1) is 23.7. The molecule has 2 aliphatic rings. The first-order chi connectivity index (χ1) is 14.7. The molecule has 1 saturated carbocycles. The zero-order chi connectivity index (χ0) is 22.6. The average molecular weight is 451 g/mol. The molecule has 1 saturated heterocycles. The Hall–Kier alpha value is -1.93. The number of sulfonamides is 1. The number of aryl methyl sites for hydroxylation is 1. The van der Waals surface area contributed by atoms with Gasteiger partial charge in [0, 0.05) is 19.1 Å². The molecule has 1 aromatic rings. The van der Waals surface area contributed by atoms with Crippen LogP contribution in [0.4, 0.5) is 0 Å². The number of amides is 1. The molecule has 3 atom stereocenters. The maximum atomic E-state index is 13.0. The number of hydrogen-bond donors (Lipinski definition) is 1. The number of piperidine rings is 1. The predicted octanol–water partition coefficient (Wildman–Crippen LogP) is 3.41. The van der Waals surface area contributed by atoms with Gasteiger partial charge in [-0.15, -0.1) is 0 Å². The van der Waals surface area contributed by atoms with E-state index in [4.69, 9.17) is 4.74 Å². The van der Waals surface area contributed by atoms with Gasteiger partial charge in [0.25, 0.3) is 5.91 Å². The fourth-order valence-corrected chi connectivity index (χ4v) is 5.89. The highest BCUT2D eigenvalue weighted by Gasteiger charge is 2.29. The summed E-state index contributed by atoms with van der Waals surface area (Å²) in [5.74, 6) is -0.603. The quantitative estimate of drug-likeness (QED) is 0.671. The Morgan fingerprint density at radius 1 is 1.10 bits per heavy atom. The van der Waals surface area contributed by atoms with Crippen LogP contribution in [0.1, 0.15) is 74.7 Å². The largest absolute Gasteiger partial charge is 0.449 e. The Labute approximate surface area is 185 Å². The molecule has 31 heavy (non-hydrogen) atoms. The minimum absolute atomic E-state index is 0.0834. The molecule has 0 radical (unpaired) electrons. The SMILES string of the molecule is Cc1ccc(S(=O)(=O)N2CCCCC2)cc1C(=O)O[C@H](C)C(=O)N[C@@H]1CCCC[C@H]1C. The number of carbonyl (C=O) groups excluding carboxylic acids is 2. The van der Waals surface area contributed by atoms with Crippen LogP contribution in [0.25, 0.3) is 0 Å². The second-order valence-electron chi connectivity index (χ2n) is 8.87. The number of rotatable bonds is 6. The lowest BCUT2D eigenvalue weighted by Gasteiger charge is -2.30. The topological polar surface area (TPSA) is 92.8 Å². The van der Waals surface area contributed by atoms with Crippen molar-refractivity contribution in [2.24, 2.45) is 5.92 Å². The van der Waals surface area contributed by atoms with Gasteiger partial charge in [0.2, 0.25) is 10.0 Å². The summed E-state index contributed by atoms with van der Waals surface area (Å²) in [6.45, 7) is 6.38. The zero-order valence-corrected chi connectivity index (χ0v) is 19.5. The Morgan fingerprint density at radius 3 is 2.45 bits per heavy atom. The van der Waals surface area contributed by atoms with Gasteiger partial charge in [0.15, 0.2) is 6.10 Å². The van der Waals surface area contributed by atoms with Gasteiger partial charge in [-0.25, -0.2) is 13.2 Å². The normalized spacial score (nSPS) is 23.7. The highest BCUT2D eigenvalue weighted by Crippen LogP contribution is 2.25. The highest BCUT2D eigenvalue weighted by atomic mass is 32.2. The van der Waals surface area contributed by atoms with E-state index in [1.165, 1.54) is 22.9 Å². The van der Waals surface area contributed by atoms with E-state index in [0.29, 0.717) is 24.6 Å². The van der Waals surface area contributed by atoms with Crippen LogP contribution in [0, 0.1) is 12.8 Å². The summed E-state index contributed by atoms with van der Waals surface area (Å²) >= 11 is 0. The van der Waals surface area contributed by atoms with Crippen molar-refractivity contribution in [2.45, 2.75) is 82.8 Å². The fourth-order valence-electron chi connectivity index (χ4n) is 4.34. The molecule has 3 rings (SSSR count). The summed E-state index contributed by atoms with van der Waals surface area (Å²) in [6, 6.07) is 4.61. The Morgan fingerprint density at radius 2 is 1.77 bits per heavy atom. The van der Waals surface area contributed by atoms with Gasteiger partial charge >= 0.3 is 5.97 Å². The van der Waals surface area contributed by atoms with Gasteiger partial charge in [-0.1, -0.05) is 32.3 Å². The summed E-state index contributed by atoms with van der Waals surface area (Å²) in [5.41, 5.74) is 0.778. The molecule has 1 aliphatic carbocycles. The summed E-state index contributed by atoms with van der Waals surface area (Å²) in [7, 11) is -3.66. The lowest BCUT2D eigenvalue weighted by Crippen LogP contribution is -2.46. The third-order valence-electron chi connectivity index (χ3n) is 6.47. The zero-order valence-electron chi connectivity index (χ0n) is 18.7. The second-order valence-corrected chi connectivity index (χ2v) is 10.8. The Bertz CT molecular complexity index is 909. The van der Waals surface area contributed by atoms with Crippen molar-refractivity contribution in [3.8, 4) is 0 Å². The fraction of sp³-hybridized carbons (Fsp3) is 0.652. The number of ether oxygens (including phenoxy) is 1. The van der Waals surface area contributed by atoms with Crippen molar-refractivity contribution in [1.29, 1.82) is 0 Å². The maximum Gasteiger partial charge on any atom is 0.339 e. The van der Waals surface area contributed by atoms with E-state index < -0.39 is 22.1 Å². The molecule has 1 N–H and O–H groups in total. The van der Waals surface area contributed by atoms with E-state index in [1.54, 1.807) is 19.9 Å². The van der Waals surface area contributed by atoms with Gasteiger partial charge in [-0.2, -0.15) is 4.31 Å². The molecule has 172 valence electrons. The Kier molecular flexibility index (Phi) is 7.75. The molecule has 0 bridgehead atoms. The standard InChI is InChI=1S/C23H34N2O5S/c1-16-11-12-19(31(28,29)25-13-7-4-8-14-25)15-20(16)23(27)30-18(3)22(26)24-21-10-6-5-9-17(21)2/h11-12,15,17-18,21H,4-10,13-14H2,1-3H3,(H,24,26)/t17-,18-,21-/m1/s1.